The Hall–Kier alpha value is -0.800. The smallest absolute Gasteiger partial charge is 0.295 e. The minimum absolute atomic E-state index is 0.0146. The third-order valence-electron chi connectivity index (χ3n) is 1.64. The quantitative estimate of drug-likeness (QED) is 0.535. The van der Waals surface area contributed by atoms with Crippen LogP contribution in [0.4, 0.5) is 13.2 Å². The maximum atomic E-state index is 11.9. The van der Waals surface area contributed by atoms with Crippen molar-refractivity contribution in [3.05, 3.63) is 12.2 Å². The Labute approximate surface area is 61.9 Å². The monoisotopic (exact) mass is 164 g/mol. The molecule has 0 aromatic rings. The third-order valence-corrected chi connectivity index (χ3v) is 1.64. The lowest BCUT2D eigenvalue weighted by Crippen LogP contribution is -2.24. The fraction of sp³-hybridized carbons (Fsp3) is 0.571. The highest BCUT2D eigenvalue weighted by atomic mass is 19.4. The zero-order chi connectivity index (χ0) is 8.48. The molecular formula is C7H7F3O. The van der Waals surface area contributed by atoms with Crippen molar-refractivity contribution in [2.75, 3.05) is 0 Å². The second-order valence-electron chi connectivity index (χ2n) is 2.51. The predicted octanol–water partition coefficient (Wildman–Crippen LogP) is 2.08. The minimum Gasteiger partial charge on any atom is -0.295 e. The van der Waals surface area contributed by atoms with Crippen molar-refractivity contribution < 1.29 is 18.0 Å². The van der Waals surface area contributed by atoms with Gasteiger partial charge in [-0.3, -0.25) is 4.79 Å². The number of rotatable bonds is 0. The summed E-state index contributed by atoms with van der Waals surface area (Å²) in [6.45, 7) is 0. The van der Waals surface area contributed by atoms with Crippen LogP contribution in [-0.2, 0) is 4.79 Å². The zero-order valence-electron chi connectivity index (χ0n) is 5.69. The van der Waals surface area contributed by atoms with E-state index in [-0.39, 0.29) is 18.6 Å². The molecule has 1 nitrogen and oxygen atoms in total. The predicted molar refractivity (Wildman–Crippen MR) is 32.9 cm³/mol. The van der Waals surface area contributed by atoms with E-state index in [1.165, 1.54) is 0 Å². The molecule has 62 valence electrons. The Morgan fingerprint density at radius 3 is 2.45 bits per heavy atom. The van der Waals surface area contributed by atoms with Crippen molar-refractivity contribution in [3.8, 4) is 0 Å². The van der Waals surface area contributed by atoms with Gasteiger partial charge in [0.05, 0.1) is 5.92 Å². The first-order valence-electron chi connectivity index (χ1n) is 3.28. The average molecular weight is 164 g/mol. The number of allylic oxidation sites excluding steroid dienone is 2. The van der Waals surface area contributed by atoms with E-state index in [9.17, 15) is 18.0 Å². The SMILES string of the molecule is O=C1C=CC(C(F)(F)F)CC1. The third kappa shape index (κ3) is 2.06. The van der Waals surface area contributed by atoms with Gasteiger partial charge < -0.3 is 0 Å². The van der Waals surface area contributed by atoms with Crippen molar-refractivity contribution in [2.24, 2.45) is 5.92 Å². The van der Waals surface area contributed by atoms with Crippen molar-refractivity contribution in [1.29, 1.82) is 0 Å². The molecule has 0 aliphatic heterocycles. The zero-order valence-corrected chi connectivity index (χ0v) is 5.69. The van der Waals surface area contributed by atoms with Crippen LogP contribution in [0, 0.1) is 5.92 Å². The van der Waals surface area contributed by atoms with Gasteiger partial charge in [-0.05, 0) is 12.5 Å². The Morgan fingerprint density at radius 1 is 1.45 bits per heavy atom. The van der Waals surface area contributed by atoms with Gasteiger partial charge in [-0.15, -0.1) is 0 Å². The molecule has 0 heterocycles. The summed E-state index contributed by atoms with van der Waals surface area (Å²) in [5.41, 5.74) is 0. The van der Waals surface area contributed by atoms with Gasteiger partial charge in [-0.25, -0.2) is 0 Å². The molecule has 1 aliphatic carbocycles. The second-order valence-corrected chi connectivity index (χ2v) is 2.51. The summed E-state index contributed by atoms with van der Waals surface area (Å²) in [5, 5.41) is 0. The van der Waals surface area contributed by atoms with E-state index < -0.39 is 12.1 Å². The summed E-state index contributed by atoms with van der Waals surface area (Å²) >= 11 is 0. The molecule has 1 unspecified atom stereocenters. The van der Waals surface area contributed by atoms with E-state index in [4.69, 9.17) is 0 Å². The van der Waals surface area contributed by atoms with Gasteiger partial charge in [0, 0.05) is 6.42 Å². The van der Waals surface area contributed by atoms with Crippen LogP contribution in [0.25, 0.3) is 0 Å². The van der Waals surface area contributed by atoms with E-state index in [2.05, 4.69) is 0 Å². The van der Waals surface area contributed by atoms with Gasteiger partial charge in [-0.1, -0.05) is 6.08 Å². The Kier molecular flexibility index (Phi) is 2.02. The van der Waals surface area contributed by atoms with Crippen molar-refractivity contribution in [3.63, 3.8) is 0 Å². The molecule has 0 amide bonds. The molecule has 4 heteroatoms. The van der Waals surface area contributed by atoms with Gasteiger partial charge in [0.1, 0.15) is 0 Å². The topological polar surface area (TPSA) is 17.1 Å². The van der Waals surface area contributed by atoms with Crippen LogP contribution in [0.3, 0.4) is 0 Å². The summed E-state index contributed by atoms with van der Waals surface area (Å²) in [7, 11) is 0. The molecule has 0 fully saturated rings. The van der Waals surface area contributed by atoms with Crippen LogP contribution in [-0.4, -0.2) is 12.0 Å². The molecular weight excluding hydrogens is 157 g/mol. The summed E-state index contributed by atoms with van der Waals surface area (Å²) in [5.74, 6) is -1.63. The lowest BCUT2D eigenvalue weighted by Gasteiger charge is -2.18. The standard InChI is InChI=1S/C7H7F3O/c8-7(9,10)5-1-3-6(11)4-2-5/h1,3,5H,2,4H2. The summed E-state index contributed by atoms with van der Waals surface area (Å²) in [6, 6.07) is 0. The molecule has 0 saturated heterocycles. The van der Waals surface area contributed by atoms with E-state index in [1.54, 1.807) is 0 Å². The summed E-state index contributed by atoms with van der Waals surface area (Å²) in [4.78, 5) is 10.5. The Morgan fingerprint density at radius 2 is 2.09 bits per heavy atom. The summed E-state index contributed by atoms with van der Waals surface area (Å²) < 4.78 is 35.7. The molecule has 1 aliphatic rings. The van der Waals surface area contributed by atoms with Crippen LogP contribution >= 0.6 is 0 Å². The number of carbonyl (C=O) groups is 1. The molecule has 0 bridgehead atoms. The van der Waals surface area contributed by atoms with Crippen LogP contribution in [0.2, 0.25) is 0 Å². The summed E-state index contributed by atoms with van der Waals surface area (Å²) in [6.07, 6.45) is -2.32. The highest BCUT2D eigenvalue weighted by Gasteiger charge is 2.38. The van der Waals surface area contributed by atoms with E-state index in [1.807, 2.05) is 0 Å². The maximum Gasteiger partial charge on any atom is 0.395 e. The van der Waals surface area contributed by atoms with Crippen LogP contribution in [0.5, 0.6) is 0 Å². The first-order valence-corrected chi connectivity index (χ1v) is 3.28. The fourth-order valence-electron chi connectivity index (χ4n) is 0.974. The largest absolute Gasteiger partial charge is 0.395 e. The highest BCUT2D eigenvalue weighted by Crippen LogP contribution is 2.32. The van der Waals surface area contributed by atoms with Crippen LogP contribution < -0.4 is 0 Å². The number of hydrogen-bond donors (Lipinski definition) is 0. The molecule has 0 spiro atoms. The fourth-order valence-corrected chi connectivity index (χ4v) is 0.974. The lowest BCUT2D eigenvalue weighted by atomic mass is 9.95. The second kappa shape index (κ2) is 2.68. The van der Waals surface area contributed by atoms with E-state index >= 15 is 0 Å². The highest BCUT2D eigenvalue weighted by molar-refractivity contribution is 5.90. The number of alkyl halides is 3. The normalized spacial score (nSPS) is 25.7. The van der Waals surface area contributed by atoms with E-state index in [0.29, 0.717) is 0 Å². The number of hydrogen-bond acceptors (Lipinski definition) is 1. The molecule has 1 rings (SSSR count). The Bertz CT molecular complexity index is 192. The molecule has 0 aromatic carbocycles. The first kappa shape index (κ1) is 8.30. The number of ketones is 1. The molecule has 0 aromatic heterocycles. The molecule has 0 N–H and O–H groups in total. The van der Waals surface area contributed by atoms with Gasteiger partial charge >= 0.3 is 6.18 Å². The van der Waals surface area contributed by atoms with Crippen LogP contribution in [0.1, 0.15) is 12.8 Å². The van der Waals surface area contributed by atoms with Gasteiger partial charge in [0.2, 0.25) is 0 Å². The molecule has 0 radical (unpaired) electrons. The first-order chi connectivity index (χ1) is 5.00. The van der Waals surface area contributed by atoms with Gasteiger partial charge in [0.15, 0.2) is 5.78 Å². The molecule has 1 atom stereocenters. The van der Waals surface area contributed by atoms with Gasteiger partial charge in [0.25, 0.3) is 0 Å². The minimum atomic E-state index is -4.18. The molecule has 11 heavy (non-hydrogen) atoms. The van der Waals surface area contributed by atoms with Crippen molar-refractivity contribution in [2.45, 2.75) is 19.0 Å². The Balaban J connectivity index is 2.65. The van der Waals surface area contributed by atoms with E-state index in [0.717, 1.165) is 12.2 Å². The van der Waals surface area contributed by atoms with Crippen molar-refractivity contribution >= 4 is 5.78 Å². The van der Waals surface area contributed by atoms with Crippen molar-refractivity contribution in [1.82, 2.24) is 0 Å². The number of carbonyl (C=O) groups excluding carboxylic acids is 1. The average Bonchev–Trinajstić information content (AvgIpc) is 1.86. The van der Waals surface area contributed by atoms with Gasteiger partial charge in [-0.2, -0.15) is 13.2 Å². The lowest BCUT2D eigenvalue weighted by molar-refractivity contribution is -0.164. The number of halogens is 3. The van der Waals surface area contributed by atoms with Crippen LogP contribution in [0.15, 0.2) is 12.2 Å². The maximum absolute atomic E-state index is 11.9. The molecule has 0 saturated carbocycles.